The fraction of sp³-hybridized carbons (Fsp3) is 0.292. The van der Waals surface area contributed by atoms with E-state index in [1.54, 1.807) is 0 Å². The number of imidazole rings is 1. The molecule has 0 bridgehead atoms. The second kappa shape index (κ2) is 9.95. The summed E-state index contributed by atoms with van der Waals surface area (Å²) in [5, 5.41) is 54.6. The highest BCUT2D eigenvalue weighted by Gasteiger charge is 2.57. The second-order valence-electron chi connectivity index (χ2n) is 9.12. The molecule has 1 aliphatic rings. The maximum absolute atomic E-state index is 11.4. The molecule has 2 aromatic carbocycles. The Kier molecular flexibility index (Phi) is 6.65. The summed E-state index contributed by atoms with van der Waals surface area (Å²) in [6, 6.07) is 11.4. The maximum atomic E-state index is 11.4. The molecule has 15 nitrogen and oxygen atoms in total. The van der Waals surface area contributed by atoms with Crippen LogP contribution in [0, 0.1) is 20.2 Å². The number of nitro benzene ring substituents is 2. The lowest BCUT2D eigenvalue weighted by Gasteiger charge is -2.37. The highest BCUT2D eigenvalue weighted by Crippen LogP contribution is 2.46. The fourth-order valence-electron chi connectivity index (χ4n) is 4.99. The van der Waals surface area contributed by atoms with Crippen molar-refractivity contribution in [3.05, 3.63) is 92.5 Å². The van der Waals surface area contributed by atoms with Crippen molar-refractivity contribution in [2.24, 2.45) is 0 Å². The molecule has 4 atom stereocenters. The summed E-state index contributed by atoms with van der Waals surface area (Å²) < 4.78 is 7.58. The number of nitro groups is 2. The van der Waals surface area contributed by atoms with Gasteiger partial charge in [-0.15, -0.1) is 0 Å². The highest BCUT2D eigenvalue weighted by molar-refractivity contribution is 5.81. The summed E-state index contributed by atoms with van der Waals surface area (Å²) in [6.45, 7) is -0.608. The second-order valence-corrected chi connectivity index (χ2v) is 9.12. The average Bonchev–Trinajstić information content (AvgIpc) is 3.48. The van der Waals surface area contributed by atoms with E-state index in [9.17, 15) is 35.5 Å². The lowest BCUT2D eigenvalue weighted by Crippen LogP contribution is -2.46. The van der Waals surface area contributed by atoms with Crippen molar-refractivity contribution >= 4 is 28.4 Å². The van der Waals surface area contributed by atoms with Crippen molar-refractivity contribution in [3.63, 3.8) is 0 Å². The van der Waals surface area contributed by atoms with Gasteiger partial charge in [0.1, 0.15) is 30.2 Å². The highest BCUT2D eigenvalue weighted by atomic mass is 16.6. The van der Waals surface area contributed by atoms with Crippen molar-refractivity contribution in [1.29, 1.82) is 0 Å². The summed E-state index contributed by atoms with van der Waals surface area (Å²) in [5.74, 6) is -0.606. The molecule has 0 unspecified atom stereocenters. The number of hydrogen-bond donors (Lipinski definition) is 4. The van der Waals surface area contributed by atoms with Crippen LogP contribution in [0.3, 0.4) is 0 Å². The number of hydrogen-bond acceptors (Lipinski definition) is 12. The maximum Gasteiger partial charge on any atom is 0.269 e. The van der Waals surface area contributed by atoms with Crippen LogP contribution >= 0.6 is 0 Å². The molecule has 0 amide bonds. The van der Waals surface area contributed by atoms with Crippen molar-refractivity contribution < 1.29 is 29.9 Å². The smallest absolute Gasteiger partial charge is 0.269 e. The molecule has 0 saturated carbocycles. The normalized spacial score (nSPS) is 22.9. The first kappa shape index (κ1) is 26.1. The topological polar surface area (TPSA) is 226 Å². The number of non-ortho nitro benzene ring substituents is 2. The van der Waals surface area contributed by atoms with Gasteiger partial charge in [-0.25, -0.2) is 15.0 Å². The molecule has 1 aliphatic heterocycles. The van der Waals surface area contributed by atoms with Gasteiger partial charge in [-0.3, -0.25) is 24.8 Å². The number of nitrogen functional groups attached to an aromatic ring is 1. The third-order valence-electron chi connectivity index (χ3n) is 6.98. The fourth-order valence-corrected chi connectivity index (χ4v) is 4.99. The first-order valence-electron chi connectivity index (χ1n) is 11.7. The Balaban J connectivity index is 1.69. The van der Waals surface area contributed by atoms with Crippen LogP contribution in [0.15, 0.2) is 61.2 Å². The van der Waals surface area contributed by atoms with Gasteiger partial charge in [0.15, 0.2) is 17.2 Å². The predicted molar refractivity (Wildman–Crippen MR) is 134 cm³/mol. The van der Waals surface area contributed by atoms with Gasteiger partial charge in [0.05, 0.1) is 22.8 Å². The van der Waals surface area contributed by atoms with Crippen molar-refractivity contribution in [3.8, 4) is 0 Å². The largest absolute Gasteiger partial charge is 0.394 e. The Morgan fingerprint density at radius 1 is 0.974 bits per heavy atom. The predicted octanol–water partition coefficient (Wildman–Crippen LogP) is 1.21. The Morgan fingerprint density at radius 2 is 1.54 bits per heavy atom. The third kappa shape index (κ3) is 4.42. The van der Waals surface area contributed by atoms with Gasteiger partial charge in [0.25, 0.3) is 11.4 Å². The SMILES string of the molecule is Nc1ncnc2c1ncn2[C@]1(CC(c2ccc([N+](=O)[O-])cc2)c2ccc([N+](=O)[O-])cc2)O[C@H](CO)[C@@H](O)[C@H]1O. The van der Waals surface area contributed by atoms with Crippen molar-refractivity contribution in [2.45, 2.75) is 36.4 Å². The van der Waals surface area contributed by atoms with E-state index in [0.717, 1.165) is 0 Å². The van der Waals surface area contributed by atoms with Crippen molar-refractivity contribution in [2.75, 3.05) is 12.3 Å². The number of anilines is 1. The van der Waals surface area contributed by atoms with Crippen LogP contribution in [-0.4, -0.2) is 69.6 Å². The molecule has 0 radical (unpaired) electrons. The summed E-state index contributed by atoms with van der Waals surface area (Å²) in [6.07, 6.45) is -1.84. The van der Waals surface area contributed by atoms with Gasteiger partial charge in [0.2, 0.25) is 0 Å². The van der Waals surface area contributed by atoms with Gasteiger partial charge in [-0.05, 0) is 11.1 Å². The lowest BCUT2D eigenvalue weighted by molar-refractivity contribution is -0.385. The van der Waals surface area contributed by atoms with Crippen LogP contribution in [0.2, 0.25) is 0 Å². The summed E-state index contributed by atoms with van der Waals surface area (Å²) in [5.41, 5.74) is 5.44. The zero-order valence-electron chi connectivity index (χ0n) is 20.1. The number of aliphatic hydroxyl groups excluding tert-OH is 3. The van der Waals surface area contributed by atoms with E-state index < -0.39 is 46.4 Å². The standard InChI is InChI=1S/C24H23N7O8/c25-22-19-23(27-11-26-22)29(12-28-19)24(21(34)20(33)18(10-32)39-24)9-17(13-1-5-15(6-2-13)30(35)36)14-3-7-16(8-4-14)31(37)38/h1-8,11-12,17-18,20-21,32-34H,9-10H2,(H2,25,26,27)/t18-,20-,21-,24-/m1/s1. The molecule has 2 aromatic heterocycles. The van der Waals surface area contributed by atoms with Gasteiger partial charge < -0.3 is 25.8 Å². The zero-order valence-corrected chi connectivity index (χ0v) is 20.1. The van der Waals surface area contributed by atoms with Crippen LogP contribution in [-0.2, 0) is 10.5 Å². The number of fused-ring (bicyclic) bond motifs is 1. The number of ether oxygens (including phenoxy) is 1. The monoisotopic (exact) mass is 537 g/mol. The summed E-state index contributed by atoms with van der Waals surface area (Å²) in [7, 11) is 0. The molecule has 3 heterocycles. The Bertz CT molecular complexity index is 1470. The Morgan fingerprint density at radius 3 is 2.03 bits per heavy atom. The van der Waals surface area contributed by atoms with Crippen LogP contribution in [0.4, 0.5) is 17.2 Å². The van der Waals surface area contributed by atoms with Gasteiger partial charge in [-0.1, -0.05) is 24.3 Å². The zero-order chi connectivity index (χ0) is 27.9. The number of aromatic nitrogens is 4. The van der Waals surface area contributed by atoms with E-state index >= 15 is 0 Å². The molecule has 39 heavy (non-hydrogen) atoms. The van der Waals surface area contributed by atoms with Gasteiger partial charge in [0, 0.05) is 36.6 Å². The number of benzene rings is 2. The van der Waals surface area contributed by atoms with Crippen molar-refractivity contribution in [1.82, 2.24) is 19.5 Å². The van der Waals surface area contributed by atoms with E-state index in [0.29, 0.717) is 11.1 Å². The van der Waals surface area contributed by atoms with E-state index in [2.05, 4.69) is 15.0 Å². The first-order chi connectivity index (χ1) is 18.7. The molecular formula is C24H23N7O8. The number of nitrogens with two attached hydrogens (primary N) is 1. The molecular weight excluding hydrogens is 514 g/mol. The van der Waals surface area contributed by atoms with E-state index in [-0.39, 0.29) is 34.8 Å². The molecule has 0 spiro atoms. The Hall–Kier alpha value is -4.57. The molecule has 1 saturated heterocycles. The van der Waals surface area contributed by atoms with Crippen LogP contribution in [0.25, 0.3) is 11.2 Å². The lowest BCUT2D eigenvalue weighted by atomic mass is 9.82. The van der Waals surface area contributed by atoms with Crippen LogP contribution < -0.4 is 5.73 Å². The molecule has 1 fully saturated rings. The van der Waals surface area contributed by atoms with E-state index in [1.165, 1.54) is 65.8 Å². The Labute approximate surface area is 219 Å². The summed E-state index contributed by atoms with van der Waals surface area (Å²) in [4.78, 5) is 33.8. The minimum Gasteiger partial charge on any atom is -0.394 e. The van der Waals surface area contributed by atoms with E-state index in [1.807, 2.05) is 0 Å². The molecule has 5 N–H and O–H groups in total. The number of rotatable bonds is 8. The summed E-state index contributed by atoms with van der Waals surface area (Å²) >= 11 is 0. The number of nitrogens with zero attached hydrogens (tertiary/aromatic N) is 6. The third-order valence-corrected chi connectivity index (χ3v) is 6.98. The minimum atomic E-state index is -1.77. The molecule has 4 aromatic rings. The molecule has 202 valence electrons. The average molecular weight is 537 g/mol. The number of aliphatic hydroxyl groups is 3. The van der Waals surface area contributed by atoms with Gasteiger partial charge in [-0.2, -0.15) is 0 Å². The quantitative estimate of drug-likeness (QED) is 0.184. The van der Waals surface area contributed by atoms with E-state index in [4.69, 9.17) is 10.5 Å². The van der Waals surface area contributed by atoms with Crippen LogP contribution in [0.1, 0.15) is 23.5 Å². The minimum absolute atomic E-state index is 0.0722. The molecule has 0 aliphatic carbocycles. The molecule has 15 heteroatoms. The first-order valence-corrected chi connectivity index (χ1v) is 11.7. The van der Waals surface area contributed by atoms with Gasteiger partial charge >= 0.3 is 0 Å². The van der Waals surface area contributed by atoms with Crippen LogP contribution in [0.5, 0.6) is 0 Å². The molecule has 5 rings (SSSR count).